The first kappa shape index (κ1) is 18.5. The van der Waals surface area contributed by atoms with E-state index in [2.05, 4.69) is 32.6 Å². The summed E-state index contributed by atoms with van der Waals surface area (Å²) >= 11 is 0. The molecule has 19 heavy (non-hydrogen) atoms. The average Bonchev–Trinajstić information content (AvgIpc) is 2.39. The van der Waals surface area contributed by atoms with E-state index in [-0.39, 0.29) is 6.10 Å². The predicted molar refractivity (Wildman–Crippen MR) is 85.1 cm³/mol. The van der Waals surface area contributed by atoms with Gasteiger partial charge >= 0.3 is 0 Å². The van der Waals surface area contributed by atoms with Crippen molar-refractivity contribution in [3.63, 3.8) is 0 Å². The van der Waals surface area contributed by atoms with E-state index in [0.717, 1.165) is 19.3 Å². The molecule has 0 amide bonds. The van der Waals surface area contributed by atoms with Crippen LogP contribution in [-0.2, 0) is 0 Å². The smallest absolute Gasteiger partial charge is 0.0552 e. The van der Waals surface area contributed by atoms with E-state index < -0.39 is 0 Å². The van der Waals surface area contributed by atoms with E-state index >= 15 is 0 Å². The average molecular weight is 266 g/mol. The number of aliphatic hydroxyl groups is 1. The highest BCUT2D eigenvalue weighted by atomic mass is 16.3. The van der Waals surface area contributed by atoms with Crippen molar-refractivity contribution < 1.29 is 5.11 Å². The molecule has 112 valence electrons. The van der Waals surface area contributed by atoms with Crippen LogP contribution in [0.25, 0.3) is 0 Å². The van der Waals surface area contributed by atoms with Gasteiger partial charge in [0, 0.05) is 12.3 Å². The normalized spacial score (nSPS) is 13.7. The summed E-state index contributed by atoms with van der Waals surface area (Å²) < 4.78 is 0. The Morgan fingerprint density at radius 1 is 0.895 bits per heavy atom. The highest BCUT2D eigenvalue weighted by Crippen LogP contribution is 2.13. The van der Waals surface area contributed by atoms with Crippen molar-refractivity contribution in [1.29, 1.82) is 0 Å². The molecule has 1 N–H and O–H groups in total. The van der Waals surface area contributed by atoms with Crippen LogP contribution >= 0.6 is 0 Å². The third-order valence-corrected chi connectivity index (χ3v) is 3.52. The number of rotatable bonds is 11. The molecule has 0 rings (SSSR count). The Bertz CT molecular complexity index is 236. The Morgan fingerprint density at radius 2 is 1.53 bits per heavy atom. The van der Waals surface area contributed by atoms with Crippen molar-refractivity contribution in [2.45, 2.75) is 97.5 Å². The van der Waals surface area contributed by atoms with Gasteiger partial charge in [-0.1, -0.05) is 65.7 Å². The van der Waals surface area contributed by atoms with E-state index in [4.69, 9.17) is 0 Å². The van der Waals surface area contributed by atoms with Gasteiger partial charge in [0.25, 0.3) is 0 Å². The topological polar surface area (TPSA) is 20.2 Å². The molecule has 0 radical (unpaired) electrons. The Morgan fingerprint density at radius 3 is 2.21 bits per heavy atom. The van der Waals surface area contributed by atoms with Crippen molar-refractivity contribution in [1.82, 2.24) is 0 Å². The van der Waals surface area contributed by atoms with E-state index in [1.54, 1.807) is 0 Å². The lowest BCUT2D eigenvalue weighted by Gasteiger charge is -2.12. The maximum absolute atomic E-state index is 9.96. The van der Waals surface area contributed by atoms with Crippen molar-refractivity contribution in [2.75, 3.05) is 0 Å². The van der Waals surface area contributed by atoms with Crippen LogP contribution in [0.1, 0.15) is 91.4 Å². The summed E-state index contributed by atoms with van der Waals surface area (Å²) in [7, 11) is 0. The first-order valence-electron chi connectivity index (χ1n) is 8.37. The van der Waals surface area contributed by atoms with Crippen LogP contribution < -0.4 is 0 Å². The molecule has 0 bridgehead atoms. The molecule has 0 aliphatic rings. The van der Waals surface area contributed by atoms with Gasteiger partial charge in [0.2, 0.25) is 0 Å². The summed E-state index contributed by atoms with van der Waals surface area (Å²) in [6, 6.07) is 0. The maximum atomic E-state index is 9.96. The first-order chi connectivity index (χ1) is 9.20. The SMILES string of the molecule is CCCCC#C[C@H](C)C[C@@H](O)CCCCCCCC. The summed E-state index contributed by atoms with van der Waals surface area (Å²) in [5.41, 5.74) is 0. The van der Waals surface area contributed by atoms with Crippen molar-refractivity contribution in [3.05, 3.63) is 0 Å². The molecule has 0 aliphatic heterocycles. The fourth-order valence-electron chi connectivity index (χ4n) is 2.26. The van der Waals surface area contributed by atoms with Crippen LogP contribution in [0.2, 0.25) is 0 Å². The quantitative estimate of drug-likeness (QED) is 0.396. The molecular weight excluding hydrogens is 232 g/mol. The van der Waals surface area contributed by atoms with E-state index in [9.17, 15) is 5.11 Å². The summed E-state index contributed by atoms with van der Waals surface area (Å²) in [5, 5.41) is 9.96. The molecule has 0 saturated carbocycles. The van der Waals surface area contributed by atoms with E-state index in [0.29, 0.717) is 5.92 Å². The highest BCUT2D eigenvalue weighted by Gasteiger charge is 2.07. The van der Waals surface area contributed by atoms with Gasteiger partial charge in [0.05, 0.1) is 6.10 Å². The zero-order valence-electron chi connectivity index (χ0n) is 13.4. The fourth-order valence-corrected chi connectivity index (χ4v) is 2.26. The standard InChI is InChI=1S/C18H34O/c1-4-6-8-10-11-13-15-18(19)16-17(3)14-12-9-7-5-2/h17-19H,4-11,13,15-16H2,1-3H3/t17-,18-/m0/s1. The second-order valence-corrected chi connectivity index (χ2v) is 5.77. The van der Waals surface area contributed by atoms with Gasteiger partial charge in [-0.25, -0.2) is 0 Å². The fraction of sp³-hybridized carbons (Fsp3) is 0.889. The third-order valence-electron chi connectivity index (χ3n) is 3.52. The van der Waals surface area contributed by atoms with Gasteiger partial charge in [-0.3, -0.25) is 0 Å². The van der Waals surface area contributed by atoms with Crippen molar-refractivity contribution >= 4 is 0 Å². The van der Waals surface area contributed by atoms with Crippen LogP contribution in [-0.4, -0.2) is 11.2 Å². The summed E-state index contributed by atoms with van der Waals surface area (Å²) in [4.78, 5) is 0. The van der Waals surface area contributed by atoms with Crippen LogP contribution in [0, 0.1) is 17.8 Å². The van der Waals surface area contributed by atoms with Gasteiger partial charge in [0.1, 0.15) is 0 Å². The molecular formula is C18H34O. The van der Waals surface area contributed by atoms with E-state index in [1.165, 1.54) is 51.4 Å². The zero-order chi connectivity index (χ0) is 14.3. The predicted octanol–water partition coefficient (Wildman–Crippen LogP) is 5.32. The molecule has 0 saturated heterocycles. The van der Waals surface area contributed by atoms with Crippen LogP contribution in [0.4, 0.5) is 0 Å². The number of hydrogen-bond acceptors (Lipinski definition) is 1. The number of unbranched alkanes of at least 4 members (excludes halogenated alkanes) is 7. The molecule has 0 fully saturated rings. The molecule has 0 aromatic rings. The van der Waals surface area contributed by atoms with Crippen molar-refractivity contribution in [3.8, 4) is 11.8 Å². The molecule has 1 nitrogen and oxygen atoms in total. The number of hydrogen-bond donors (Lipinski definition) is 1. The van der Waals surface area contributed by atoms with Gasteiger partial charge in [-0.2, -0.15) is 0 Å². The largest absolute Gasteiger partial charge is 0.393 e. The molecule has 0 heterocycles. The summed E-state index contributed by atoms with van der Waals surface area (Å²) in [6.45, 7) is 6.56. The lowest BCUT2D eigenvalue weighted by molar-refractivity contribution is 0.141. The Kier molecular flexibility index (Phi) is 13.6. The number of aliphatic hydroxyl groups excluding tert-OH is 1. The molecule has 0 aromatic heterocycles. The molecule has 0 spiro atoms. The minimum atomic E-state index is -0.151. The molecule has 0 aromatic carbocycles. The van der Waals surface area contributed by atoms with Crippen LogP contribution in [0.3, 0.4) is 0 Å². The van der Waals surface area contributed by atoms with Gasteiger partial charge < -0.3 is 5.11 Å². The lowest BCUT2D eigenvalue weighted by atomic mass is 9.99. The van der Waals surface area contributed by atoms with Crippen molar-refractivity contribution in [2.24, 2.45) is 5.92 Å². The first-order valence-corrected chi connectivity index (χ1v) is 8.37. The van der Waals surface area contributed by atoms with Crippen LogP contribution in [0.5, 0.6) is 0 Å². The minimum Gasteiger partial charge on any atom is -0.393 e. The zero-order valence-corrected chi connectivity index (χ0v) is 13.4. The van der Waals surface area contributed by atoms with Gasteiger partial charge in [-0.05, 0) is 19.3 Å². The second kappa shape index (κ2) is 13.9. The minimum absolute atomic E-state index is 0.151. The monoisotopic (exact) mass is 266 g/mol. The Labute approximate surface area is 121 Å². The maximum Gasteiger partial charge on any atom is 0.0552 e. The summed E-state index contributed by atoms with van der Waals surface area (Å²) in [5.74, 6) is 6.82. The second-order valence-electron chi connectivity index (χ2n) is 5.77. The molecule has 0 aliphatic carbocycles. The lowest BCUT2D eigenvalue weighted by Crippen LogP contribution is -2.10. The van der Waals surface area contributed by atoms with Gasteiger partial charge in [0.15, 0.2) is 0 Å². The molecule has 2 atom stereocenters. The summed E-state index contributed by atoms with van der Waals surface area (Å²) in [6.07, 6.45) is 12.8. The Balaban J connectivity index is 3.50. The third kappa shape index (κ3) is 13.7. The molecule has 1 heteroatoms. The highest BCUT2D eigenvalue weighted by molar-refractivity contribution is 5.02. The van der Waals surface area contributed by atoms with Gasteiger partial charge in [-0.15, -0.1) is 11.8 Å². The van der Waals surface area contributed by atoms with Crippen LogP contribution in [0.15, 0.2) is 0 Å². The Hall–Kier alpha value is -0.480. The van der Waals surface area contributed by atoms with E-state index in [1.807, 2.05) is 0 Å². The molecule has 0 unspecified atom stereocenters.